The number of benzene rings is 1. The van der Waals surface area contributed by atoms with Crippen molar-refractivity contribution < 1.29 is 9.18 Å². The van der Waals surface area contributed by atoms with Gasteiger partial charge in [-0.15, -0.1) is 0 Å². The minimum atomic E-state index is -0.328. The van der Waals surface area contributed by atoms with Gasteiger partial charge < -0.3 is 11.1 Å². The predicted octanol–water partition coefficient (Wildman–Crippen LogP) is 2.43. The van der Waals surface area contributed by atoms with Crippen molar-refractivity contribution in [3.8, 4) is 0 Å². The molecule has 1 aliphatic rings. The van der Waals surface area contributed by atoms with Gasteiger partial charge in [-0.3, -0.25) is 4.79 Å². The molecule has 5 heteroatoms. The highest BCUT2D eigenvalue weighted by molar-refractivity contribution is 14.1. The monoisotopic (exact) mass is 362 g/mol. The molecule has 18 heavy (non-hydrogen) atoms. The van der Waals surface area contributed by atoms with E-state index in [1.807, 2.05) is 22.6 Å². The predicted molar refractivity (Wildman–Crippen MR) is 76.8 cm³/mol. The molecule has 0 unspecified atom stereocenters. The molecule has 3 N–H and O–H groups in total. The molecule has 0 aliphatic heterocycles. The van der Waals surface area contributed by atoms with E-state index >= 15 is 0 Å². The summed E-state index contributed by atoms with van der Waals surface area (Å²) in [6.07, 6.45) is 4.09. The van der Waals surface area contributed by atoms with Crippen LogP contribution >= 0.6 is 22.6 Å². The topological polar surface area (TPSA) is 55.1 Å². The fourth-order valence-corrected chi connectivity index (χ4v) is 2.98. The first-order chi connectivity index (χ1) is 8.58. The van der Waals surface area contributed by atoms with Crippen LogP contribution in [0.3, 0.4) is 0 Å². The zero-order chi connectivity index (χ0) is 13.1. The van der Waals surface area contributed by atoms with Crippen LogP contribution in [0.1, 0.15) is 36.0 Å². The molecule has 0 heterocycles. The van der Waals surface area contributed by atoms with Crippen molar-refractivity contribution in [2.75, 3.05) is 0 Å². The van der Waals surface area contributed by atoms with Crippen LogP contribution in [0.25, 0.3) is 0 Å². The van der Waals surface area contributed by atoms with Crippen molar-refractivity contribution in [3.63, 3.8) is 0 Å². The molecule has 1 aromatic rings. The molecule has 1 saturated carbocycles. The largest absolute Gasteiger partial charge is 0.348 e. The van der Waals surface area contributed by atoms with Gasteiger partial charge in [0.15, 0.2) is 0 Å². The standard InChI is InChI=1S/C13H16FIN2O/c14-8-5-6-9(10(15)7-8)13(18)17-12-4-2-1-3-11(12)16/h5-7,11-12H,1-4,16H2,(H,17,18)/t11-,12-/m1/s1. The van der Waals surface area contributed by atoms with E-state index in [2.05, 4.69) is 5.32 Å². The fraction of sp³-hybridized carbons (Fsp3) is 0.462. The van der Waals surface area contributed by atoms with E-state index in [0.29, 0.717) is 9.13 Å². The normalized spacial score (nSPS) is 23.7. The second-order valence-electron chi connectivity index (χ2n) is 4.65. The third-order valence-corrected chi connectivity index (χ3v) is 4.20. The van der Waals surface area contributed by atoms with Crippen molar-refractivity contribution >= 4 is 28.5 Å². The van der Waals surface area contributed by atoms with E-state index in [9.17, 15) is 9.18 Å². The minimum Gasteiger partial charge on any atom is -0.348 e. The van der Waals surface area contributed by atoms with E-state index in [1.54, 1.807) is 0 Å². The quantitative estimate of drug-likeness (QED) is 0.794. The summed E-state index contributed by atoms with van der Waals surface area (Å²) in [5.74, 6) is -0.493. The van der Waals surface area contributed by atoms with Crippen LogP contribution < -0.4 is 11.1 Å². The van der Waals surface area contributed by atoms with Gasteiger partial charge in [0, 0.05) is 15.7 Å². The number of rotatable bonds is 2. The zero-order valence-corrected chi connectivity index (χ0v) is 12.1. The lowest BCUT2D eigenvalue weighted by Gasteiger charge is -2.29. The highest BCUT2D eigenvalue weighted by Crippen LogP contribution is 2.19. The first kappa shape index (κ1) is 13.7. The van der Waals surface area contributed by atoms with Gasteiger partial charge in [-0.1, -0.05) is 12.8 Å². The highest BCUT2D eigenvalue weighted by atomic mass is 127. The van der Waals surface area contributed by atoms with Gasteiger partial charge in [-0.05, 0) is 53.6 Å². The number of nitrogens with two attached hydrogens (primary N) is 1. The van der Waals surface area contributed by atoms with E-state index < -0.39 is 0 Å². The lowest BCUT2D eigenvalue weighted by molar-refractivity contribution is 0.0920. The molecule has 98 valence electrons. The number of hydrogen-bond donors (Lipinski definition) is 2. The number of carbonyl (C=O) groups is 1. The van der Waals surface area contributed by atoms with Gasteiger partial charge in [0.25, 0.3) is 5.91 Å². The molecule has 0 radical (unpaired) electrons. The molecule has 0 aromatic heterocycles. The molecular weight excluding hydrogens is 346 g/mol. The Kier molecular flexibility index (Phi) is 4.55. The molecule has 1 fully saturated rings. The average Bonchev–Trinajstić information content (AvgIpc) is 2.32. The van der Waals surface area contributed by atoms with Gasteiger partial charge in [-0.25, -0.2) is 4.39 Å². The van der Waals surface area contributed by atoms with Crippen molar-refractivity contribution in [3.05, 3.63) is 33.1 Å². The van der Waals surface area contributed by atoms with E-state index in [0.717, 1.165) is 25.7 Å². The van der Waals surface area contributed by atoms with Gasteiger partial charge in [-0.2, -0.15) is 0 Å². The summed E-state index contributed by atoms with van der Waals surface area (Å²) in [7, 11) is 0. The Labute approximate surface area is 119 Å². The number of carbonyl (C=O) groups excluding carboxylic acids is 1. The average molecular weight is 362 g/mol. The van der Waals surface area contributed by atoms with Crippen LogP contribution in [-0.4, -0.2) is 18.0 Å². The Morgan fingerprint density at radius 2 is 2.11 bits per heavy atom. The van der Waals surface area contributed by atoms with Crippen LogP contribution in [0.5, 0.6) is 0 Å². The maximum absolute atomic E-state index is 13.0. The maximum Gasteiger partial charge on any atom is 0.252 e. The van der Waals surface area contributed by atoms with Crippen LogP contribution in [0, 0.1) is 9.39 Å². The van der Waals surface area contributed by atoms with E-state index in [4.69, 9.17) is 5.73 Å². The molecule has 1 aromatic carbocycles. The Balaban J connectivity index is 2.07. The van der Waals surface area contributed by atoms with Gasteiger partial charge >= 0.3 is 0 Å². The van der Waals surface area contributed by atoms with Gasteiger partial charge in [0.1, 0.15) is 5.82 Å². The second kappa shape index (κ2) is 5.97. The summed E-state index contributed by atoms with van der Waals surface area (Å²) in [6.45, 7) is 0. The van der Waals surface area contributed by atoms with Gasteiger partial charge in [0.05, 0.1) is 5.56 Å². The molecule has 2 rings (SSSR count). The first-order valence-electron chi connectivity index (χ1n) is 6.09. The minimum absolute atomic E-state index is 0.0285. The number of nitrogens with one attached hydrogen (secondary N) is 1. The Bertz CT molecular complexity index is 453. The third-order valence-electron chi connectivity index (χ3n) is 3.31. The molecule has 0 spiro atoms. The van der Waals surface area contributed by atoms with Crippen LogP contribution in [0.4, 0.5) is 4.39 Å². The highest BCUT2D eigenvalue weighted by Gasteiger charge is 2.24. The summed E-state index contributed by atoms with van der Waals surface area (Å²) in [6, 6.07) is 4.24. The van der Waals surface area contributed by atoms with E-state index in [1.165, 1.54) is 18.2 Å². The Morgan fingerprint density at radius 1 is 1.39 bits per heavy atom. The van der Waals surface area contributed by atoms with Crippen LogP contribution in [0.15, 0.2) is 18.2 Å². The van der Waals surface area contributed by atoms with Crippen molar-refractivity contribution in [2.45, 2.75) is 37.8 Å². The van der Waals surface area contributed by atoms with Crippen molar-refractivity contribution in [2.24, 2.45) is 5.73 Å². The molecular formula is C13H16FIN2O. The van der Waals surface area contributed by atoms with Crippen LogP contribution in [0.2, 0.25) is 0 Å². The number of hydrogen-bond acceptors (Lipinski definition) is 2. The van der Waals surface area contributed by atoms with E-state index in [-0.39, 0.29) is 23.8 Å². The SMILES string of the molecule is N[C@@H]1CCCC[C@H]1NC(=O)c1ccc(F)cc1I. The molecule has 0 bridgehead atoms. The smallest absolute Gasteiger partial charge is 0.252 e. The summed E-state index contributed by atoms with van der Waals surface area (Å²) < 4.78 is 13.6. The molecule has 3 nitrogen and oxygen atoms in total. The third kappa shape index (κ3) is 3.20. The van der Waals surface area contributed by atoms with Crippen LogP contribution in [-0.2, 0) is 0 Å². The molecule has 0 saturated heterocycles. The lowest BCUT2D eigenvalue weighted by atomic mass is 9.91. The number of halogens is 2. The second-order valence-corrected chi connectivity index (χ2v) is 5.81. The Hall–Kier alpha value is -0.690. The summed E-state index contributed by atoms with van der Waals surface area (Å²) in [4.78, 5) is 12.1. The fourth-order valence-electron chi connectivity index (χ4n) is 2.26. The summed E-state index contributed by atoms with van der Waals surface area (Å²) in [5, 5.41) is 2.95. The first-order valence-corrected chi connectivity index (χ1v) is 7.17. The maximum atomic E-state index is 13.0. The summed E-state index contributed by atoms with van der Waals surface area (Å²) in [5.41, 5.74) is 6.50. The van der Waals surface area contributed by atoms with Gasteiger partial charge in [0.2, 0.25) is 0 Å². The summed E-state index contributed by atoms with van der Waals surface area (Å²) >= 11 is 1.97. The number of amides is 1. The molecule has 1 amide bonds. The Morgan fingerprint density at radius 3 is 2.78 bits per heavy atom. The molecule has 2 atom stereocenters. The zero-order valence-electron chi connectivity index (χ0n) is 9.96. The lowest BCUT2D eigenvalue weighted by Crippen LogP contribution is -2.49. The van der Waals surface area contributed by atoms with Crippen molar-refractivity contribution in [1.29, 1.82) is 0 Å². The van der Waals surface area contributed by atoms with Crippen molar-refractivity contribution in [1.82, 2.24) is 5.32 Å². The molecule has 1 aliphatic carbocycles.